The molecule has 6 heteroatoms. The van der Waals surface area contributed by atoms with Crippen molar-refractivity contribution in [3.63, 3.8) is 0 Å². The van der Waals surface area contributed by atoms with Gasteiger partial charge in [0.25, 0.3) is 5.91 Å². The Morgan fingerprint density at radius 1 is 0.933 bits per heavy atom. The first-order valence-corrected chi connectivity index (χ1v) is 10.6. The van der Waals surface area contributed by atoms with E-state index in [-0.39, 0.29) is 24.1 Å². The molecule has 2 amide bonds. The lowest BCUT2D eigenvalue weighted by Crippen LogP contribution is -2.51. The van der Waals surface area contributed by atoms with Crippen LogP contribution in [0, 0.1) is 5.82 Å². The van der Waals surface area contributed by atoms with Gasteiger partial charge in [0.1, 0.15) is 5.82 Å². The fourth-order valence-electron chi connectivity index (χ4n) is 3.87. The van der Waals surface area contributed by atoms with Crippen molar-refractivity contribution >= 4 is 17.5 Å². The number of amides is 2. The Morgan fingerprint density at radius 2 is 1.50 bits per heavy atom. The monoisotopic (exact) mass is 411 g/mol. The third-order valence-corrected chi connectivity index (χ3v) is 5.60. The molecule has 2 aromatic rings. The summed E-state index contributed by atoms with van der Waals surface area (Å²) in [4.78, 5) is 31.2. The first-order chi connectivity index (χ1) is 14.4. The van der Waals surface area contributed by atoms with Crippen molar-refractivity contribution in [2.45, 2.75) is 33.2 Å². The second-order valence-electron chi connectivity index (χ2n) is 7.90. The van der Waals surface area contributed by atoms with Gasteiger partial charge >= 0.3 is 0 Å². The zero-order chi connectivity index (χ0) is 21.7. The average Bonchev–Trinajstić information content (AvgIpc) is 2.75. The summed E-state index contributed by atoms with van der Waals surface area (Å²) >= 11 is 0. The van der Waals surface area contributed by atoms with E-state index in [1.54, 1.807) is 21.9 Å². The van der Waals surface area contributed by atoms with Crippen molar-refractivity contribution in [1.29, 1.82) is 0 Å². The van der Waals surface area contributed by atoms with Gasteiger partial charge in [-0.25, -0.2) is 4.39 Å². The molecule has 0 atom stereocenters. The summed E-state index contributed by atoms with van der Waals surface area (Å²) in [7, 11) is 0. The molecular weight excluding hydrogens is 381 g/mol. The second-order valence-corrected chi connectivity index (χ2v) is 7.90. The van der Waals surface area contributed by atoms with Gasteiger partial charge in [0.2, 0.25) is 5.91 Å². The number of anilines is 1. The summed E-state index contributed by atoms with van der Waals surface area (Å²) in [6.07, 6.45) is 0.249. The summed E-state index contributed by atoms with van der Waals surface area (Å²) < 4.78 is 13.0. The van der Waals surface area contributed by atoms with E-state index >= 15 is 0 Å². The molecule has 1 aliphatic heterocycles. The number of piperazine rings is 1. The molecule has 0 bridgehead atoms. The van der Waals surface area contributed by atoms with Crippen LogP contribution in [-0.2, 0) is 11.2 Å². The minimum absolute atomic E-state index is 0.000205. The van der Waals surface area contributed by atoms with E-state index in [1.165, 1.54) is 12.1 Å². The number of hydrogen-bond donors (Lipinski definition) is 0. The highest BCUT2D eigenvalue weighted by molar-refractivity contribution is 5.94. The quantitative estimate of drug-likeness (QED) is 0.730. The highest BCUT2D eigenvalue weighted by Gasteiger charge is 2.25. The fourth-order valence-corrected chi connectivity index (χ4v) is 3.87. The number of hydrogen-bond acceptors (Lipinski definition) is 3. The second kappa shape index (κ2) is 9.74. The van der Waals surface area contributed by atoms with Gasteiger partial charge in [0.15, 0.2) is 0 Å². The first-order valence-electron chi connectivity index (χ1n) is 10.6. The van der Waals surface area contributed by atoms with E-state index in [9.17, 15) is 14.0 Å². The summed E-state index contributed by atoms with van der Waals surface area (Å²) in [6.45, 7) is 9.40. The Labute approximate surface area is 178 Å². The van der Waals surface area contributed by atoms with Crippen LogP contribution in [0.3, 0.4) is 0 Å². The molecule has 3 rings (SSSR count). The number of halogens is 1. The van der Waals surface area contributed by atoms with Crippen LogP contribution in [0.25, 0.3) is 0 Å². The maximum atomic E-state index is 13.0. The Hall–Kier alpha value is -2.89. The highest BCUT2D eigenvalue weighted by Crippen LogP contribution is 2.19. The van der Waals surface area contributed by atoms with Gasteiger partial charge in [-0.3, -0.25) is 9.59 Å². The SMILES string of the molecule is CCN(c1ccc(C(=O)N2CCN(C(=O)Cc3ccc(F)cc3)CC2)cc1)C(C)C. The molecule has 1 fully saturated rings. The Balaban J connectivity index is 1.54. The minimum Gasteiger partial charge on any atom is -0.369 e. The number of carbonyl (C=O) groups is 2. The van der Waals surface area contributed by atoms with Crippen LogP contribution in [-0.4, -0.2) is 60.4 Å². The largest absolute Gasteiger partial charge is 0.369 e. The molecule has 30 heavy (non-hydrogen) atoms. The third-order valence-electron chi connectivity index (χ3n) is 5.60. The molecule has 0 aromatic heterocycles. The molecule has 0 unspecified atom stereocenters. The zero-order valence-electron chi connectivity index (χ0n) is 18.0. The number of carbonyl (C=O) groups excluding carboxylic acids is 2. The highest BCUT2D eigenvalue weighted by atomic mass is 19.1. The van der Waals surface area contributed by atoms with E-state index in [1.807, 2.05) is 24.3 Å². The molecule has 1 aliphatic rings. The van der Waals surface area contributed by atoms with Gasteiger partial charge in [-0.05, 0) is 62.7 Å². The molecule has 1 saturated heterocycles. The van der Waals surface area contributed by atoms with Gasteiger partial charge < -0.3 is 14.7 Å². The van der Waals surface area contributed by atoms with Crippen molar-refractivity contribution in [3.05, 3.63) is 65.5 Å². The van der Waals surface area contributed by atoms with Crippen LogP contribution in [0.15, 0.2) is 48.5 Å². The van der Waals surface area contributed by atoms with Gasteiger partial charge in [0.05, 0.1) is 6.42 Å². The van der Waals surface area contributed by atoms with Gasteiger partial charge in [-0.2, -0.15) is 0 Å². The smallest absolute Gasteiger partial charge is 0.253 e. The van der Waals surface area contributed by atoms with E-state index < -0.39 is 0 Å². The maximum Gasteiger partial charge on any atom is 0.253 e. The molecule has 0 aliphatic carbocycles. The molecule has 5 nitrogen and oxygen atoms in total. The minimum atomic E-state index is -0.307. The standard InChI is InChI=1S/C24H30FN3O2/c1-4-28(18(2)3)22-11-7-20(8-12-22)24(30)27-15-13-26(14-16-27)23(29)17-19-5-9-21(25)10-6-19/h5-12,18H,4,13-17H2,1-3H3. The van der Waals surface area contributed by atoms with Crippen molar-refractivity contribution < 1.29 is 14.0 Å². The van der Waals surface area contributed by atoms with Gasteiger partial charge in [-0.15, -0.1) is 0 Å². The molecule has 1 heterocycles. The molecule has 0 radical (unpaired) electrons. The first kappa shape index (κ1) is 21.8. The van der Waals surface area contributed by atoms with Crippen molar-refractivity contribution in [2.75, 3.05) is 37.6 Å². The molecule has 160 valence electrons. The molecule has 0 saturated carbocycles. The van der Waals surface area contributed by atoms with Crippen molar-refractivity contribution in [3.8, 4) is 0 Å². The zero-order valence-corrected chi connectivity index (χ0v) is 18.0. The van der Waals surface area contributed by atoms with Crippen molar-refractivity contribution in [1.82, 2.24) is 9.80 Å². The average molecular weight is 412 g/mol. The summed E-state index contributed by atoms with van der Waals surface area (Å²) in [5.74, 6) is -0.302. The summed E-state index contributed by atoms with van der Waals surface area (Å²) in [6, 6.07) is 14.2. The van der Waals surface area contributed by atoms with Crippen LogP contribution in [0.5, 0.6) is 0 Å². The lowest BCUT2D eigenvalue weighted by Gasteiger charge is -2.35. The summed E-state index contributed by atoms with van der Waals surface area (Å²) in [5.41, 5.74) is 2.58. The Morgan fingerprint density at radius 3 is 2.03 bits per heavy atom. The number of benzene rings is 2. The lowest BCUT2D eigenvalue weighted by atomic mass is 10.1. The fraction of sp³-hybridized carbons (Fsp3) is 0.417. The van der Waals surface area contributed by atoms with Crippen LogP contribution in [0.1, 0.15) is 36.7 Å². The van der Waals surface area contributed by atoms with Gasteiger partial charge in [0, 0.05) is 50.0 Å². The van der Waals surface area contributed by atoms with E-state index in [0.717, 1.165) is 17.8 Å². The number of nitrogens with zero attached hydrogens (tertiary/aromatic N) is 3. The molecular formula is C24H30FN3O2. The van der Waals surface area contributed by atoms with Gasteiger partial charge in [-0.1, -0.05) is 12.1 Å². The topological polar surface area (TPSA) is 43.9 Å². The van der Waals surface area contributed by atoms with Crippen LogP contribution < -0.4 is 4.90 Å². The molecule has 0 spiro atoms. The van der Waals surface area contributed by atoms with E-state index in [0.29, 0.717) is 37.8 Å². The van der Waals surface area contributed by atoms with Crippen LogP contribution in [0.2, 0.25) is 0 Å². The van der Waals surface area contributed by atoms with Crippen LogP contribution >= 0.6 is 0 Å². The maximum absolute atomic E-state index is 13.0. The number of rotatable bonds is 6. The Kier molecular flexibility index (Phi) is 7.08. The Bertz CT molecular complexity index is 857. The van der Waals surface area contributed by atoms with E-state index in [4.69, 9.17) is 0 Å². The predicted octanol–water partition coefficient (Wildman–Crippen LogP) is 3.59. The van der Waals surface area contributed by atoms with Crippen LogP contribution in [0.4, 0.5) is 10.1 Å². The predicted molar refractivity (Wildman–Crippen MR) is 117 cm³/mol. The molecule has 2 aromatic carbocycles. The third kappa shape index (κ3) is 5.17. The normalized spacial score (nSPS) is 14.2. The summed E-state index contributed by atoms with van der Waals surface area (Å²) in [5, 5.41) is 0. The van der Waals surface area contributed by atoms with E-state index in [2.05, 4.69) is 25.7 Å². The lowest BCUT2D eigenvalue weighted by molar-refractivity contribution is -0.131. The molecule has 0 N–H and O–H groups in total. The van der Waals surface area contributed by atoms with Crippen molar-refractivity contribution in [2.24, 2.45) is 0 Å².